The molecule has 0 saturated heterocycles. The standard InChI is InChI=1S/C20H15Cl2FN4O2/c21-15-3-1-2-11(19(15)22)10-27-17(6-7-24-27)26-20(29)14-9-18(28)25-16-8-12(23)4-5-13(14)16/h1-8,14H,9-10H2,(H,25,28)(H,26,29). The lowest BCUT2D eigenvalue weighted by Gasteiger charge is -2.25. The zero-order valence-corrected chi connectivity index (χ0v) is 16.5. The van der Waals surface area contributed by atoms with Gasteiger partial charge in [-0.1, -0.05) is 41.4 Å². The molecule has 1 aliphatic heterocycles. The lowest BCUT2D eigenvalue weighted by molar-refractivity contribution is -0.123. The average Bonchev–Trinajstić information content (AvgIpc) is 3.11. The minimum absolute atomic E-state index is 0.0290. The molecule has 0 saturated carbocycles. The number of aromatic nitrogens is 2. The smallest absolute Gasteiger partial charge is 0.233 e. The number of amides is 2. The first-order valence-electron chi connectivity index (χ1n) is 8.77. The molecule has 148 valence electrons. The second-order valence-electron chi connectivity index (χ2n) is 6.61. The Morgan fingerprint density at radius 2 is 2.10 bits per heavy atom. The van der Waals surface area contributed by atoms with Crippen LogP contribution in [0, 0.1) is 5.82 Å². The molecule has 2 aromatic carbocycles. The predicted octanol–water partition coefficient (Wildman–Crippen LogP) is 4.44. The van der Waals surface area contributed by atoms with Gasteiger partial charge in [0.05, 0.1) is 28.7 Å². The summed E-state index contributed by atoms with van der Waals surface area (Å²) in [4.78, 5) is 24.9. The van der Waals surface area contributed by atoms with Crippen LogP contribution in [-0.4, -0.2) is 21.6 Å². The Bertz CT molecular complexity index is 1120. The largest absolute Gasteiger partial charge is 0.326 e. The maximum Gasteiger partial charge on any atom is 0.233 e. The molecule has 2 amide bonds. The average molecular weight is 433 g/mol. The molecular weight excluding hydrogens is 418 g/mol. The van der Waals surface area contributed by atoms with Crippen molar-refractivity contribution in [1.29, 1.82) is 0 Å². The Hall–Kier alpha value is -2.90. The number of hydrogen-bond acceptors (Lipinski definition) is 3. The van der Waals surface area contributed by atoms with Crippen molar-refractivity contribution in [3.05, 3.63) is 75.7 Å². The van der Waals surface area contributed by atoms with Crippen LogP contribution in [0.5, 0.6) is 0 Å². The van der Waals surface area contributed by atoms with Crippen molar-refractivity contribution in [1.82, 2.24) is 9.78 Å². The third kappa shape index (κ3) is 3.97. The summed E-state index contributed by atoms with van der Waals surface area (Å²) in [6.45, 7) is 0.301. The zero-order chi connectivity index (χ0) is 20.5. The van der Waals surface area contributed by atoms with Gasteiger partial charge in [-0.25, -0.2) is 9.07 Å². The van der Waals surface area contributed by atoms with E-state index < -0.39 is 11.7 Å². The number of halogens is 3. The minimum Gasteiger partial charge on any atom is -0.326 e. The van der Waals surface area contributed by atoms with E-state index in [4.69, 9.17) is 23.2 Å². The van der Waals surface area contributed by atoms with Crippen LogP contribution in [0.3, 0.4) is 0 Å². The molecule has 1 aliphatic rings. The van der Waals surface area contributed by atoms with Gasteiger partial charge in [0.15, 0.2) is 0 Å². The number of nitrogens with one attached hydrogen (secondary N) is 2. The van der Waals surface area contributed by atoms with Gasteiger partial charge in [-0.2, -0.15) is 5.10 Å². The third-order valence-electron chi connectivity index (χ3n) is 4.69. The number of rotatable bonds is 4. The summed E-state index contributed by atoms with van der Waals surface area (Å²) in [6, 6.07) is 10.9. The highest BCUT2D eigenvalue weighted by molar-refractivity contribution is 6.42. The molecule has 0 bridgehead atoms. The Labute approximate surface area is 175 Å². The Morgan fingerprint density at radius 3 is 2.93 bits per heavy atom. The van der Waals surface area contributed by atoms with Crippen LogP contribution in [0.4, 0.5) is 15.9 Å². The predicted molar refractivity (Wildman–Crippen MR) is 109 cm³/mol. The molecule has 1 unspecified atom stereocenters. The summed E-state index contributed by atoms with van der Waals surface area (Å²) in [6.07, 6.45) is 1.52. The molecule has 9 heteroatoms. The van der Waals surface area contributed by atoms with E-state index in [-0.39, 0.29) is 18.2 Å². The molecule has 0 radical (unpaired) electrons. The SMILES string of the molecule is O=C1CC(C(=O)Nc2ccnn2Cc2cccc(Cl)c2Cl)c2ccc(F)cc2N1. The van der Waals surface area contributed by atoms with Gasteiger partial charge in [-0.15, -0.1) is 0 Å². The Balaban J connectivity index is 1.57. The van der Waals surface area contributed by atoms with Gasteiger partial charge in [0.25, 0.3) is 0 Å². The monoisotopic (exact) mass is 432 g/mol. The quantitative estimate of drug-likeness (QED) is 0.639. The summed E-state index contributed by atoms with van der Waals surface area (Å²) >= 11 is 12.3. The van der Waals surface area contributed by atoms with Crippen LogP contribution in [-0.2, 0) is 16.1 Å². The molecule has 6 nitrogen and oxygen atoms in total. The number of nitrogens with zero attached hydrogens (tertiary/aromatic N) is 2. The molecule has 1 atom stereocenters. The molecule has 0 fully saturated rings. The maximum atomic E-state index is 13.5. The summed E-state index contributed by atoms with van der Waals surface area (Å²) in [5.41, 5.74) is 1.62. The number of anilines is 2. The van der Waals surface area contributed by atoms with Crippen molar-refractivity contribution in [3.8, 4) is 0 Å². The second-order valence-corrected chi connectivity index (χ2v) is 7.40. The fourth-order valence-corrected chi connectivity index (χ4v) is 3.66. The van der Waals surface area contributed by atoms with Gasteiger partial charge >= 0.3 is 0 Å². The van der Waals surface area contributed by atoms with Crippen LogP contribution in [0.2, 0.25) is 10.0 Å². The first-order valence-corrected chi connectivity index (χ1v) is 9.53. The van der Waals surface area contributed by atoms with Crippen LogP contribution < -0.4 is 10.6 Å². The van der Waals surface area contributed by atoms with Crippen molar-refractivity contribution in [2.45, 2.75) is 18.9 Å². The summed E-state index contributed by atoms with van der Waals surface area (Å²) in [5.74, 6) is -1.51. The number of carbonyl (C=O) groups excluding carboxylic acids is 2. The lowest BCUT2D eigenvalue weighted by atomic mass is 9.89. The van der Waals surface area contributed by atoms with Crippen molar-refractivity contribution in [3.63, 3.8) is 0 Å². The number of benzene rings is 2. The van der Waals surface area contributed by atoms with Crippen LogP contribution in [0.15, 0.2) is 48.7 Å². The van der Waals surface area contributed by atoms with Crippen molar-refractivity contribution < 1.29 is 14.0 Å². The lowest BCUT2D eigenvalue weighted by Crippen LogP contribution is -2.31. The Morgan fingerprint density at radius 1 is 1.28 bits per heavy atom. The molecule has 29 heavy (non-hydrogen) atoms. The fraction of sp³-hybridized carbons (Fsp3) is 0.150. The van der Waals surface area contributed by atoms with Crippen molar-refractivity contribution in [2.24, 2.45) is 0 Å². The van der Waals surface area contributed by atoms with E-state index in [9.17, 15) is 14.0 Å². The zero-order valence-electron chi connectivity index (χ0n) is 15.0. The van der Waals surface area contributed by atoms with Gasteiger partial charge in [0, 0.05) is 18.2 Å². The van der Waals surface area contributed by atoms with Gasteiger partial charge in [-0.05, 0) is 29.3 Å². The van der Waals surface area contributed by atoms with Gasteiger partial charge in [0.2, 0.25) is 11.8 Å². The van der Waals surface area contributed by atoms with E-state index in [1.54, 1.807) is 29.1 Å². The van der Waals surface area contributed by atoms with Crippen LogP contribution in [0.1, 0.15) is 23.5 Å². The summed E-state index contributed by atoms with van der Waals surface area (Å²) < 4.78 is 15.1. The van der Waals surface area contributed by atoms with Gasteiger partial charge in [-0.3, -0.25) is 9.59 Å². The molecule has 0 aliphatic carbocycles. The number of hydrogen-bond donors (Lipinski definition) is 2. The summed E-state index contributed by atoms with van der Waals surface area (Å²) in [5, 5.41) is 10.5. The van der Waals surface area contributed by atoms with Gasteiger partial charge < -0.3 is 10.6 Å². The van der Waals surface area contributed by atoms with E-state index in [1.165, 1.54) is 18.2 Å². The first kappa shape index (κ1) is 19.4. The van der Waals surface area contributed by atoms with Gasteiger partial charge in [0.1, 0.15) is 11.6 Å². The van der Waals surface area contributed by atoms with E-state index in [1.807, 2.05) is 6.07 Å². The first-order chi connectivity index (χ1) is 13.9. The fourth-order valence-electron chi connectivity index (χ4n) is 3.28. The van der Waals surface area contributed by atoms with E-state index in [0.717, 1.165) is 5.56 Å². The molecule has 2 heterocycles. The number of fused-ring (bicyclic) bond motifs is 1. The molecule has 1 aromatic heterocycles. The second kappa shape index (κ2) is 7.85. The molecular formula is C20H15Cl2FN4O2. The van der Waals surface area contributed by atoms with E-state index in [2.05, 4.69) is 15.7 Å². The van der Waals surface area contributed by atoms with Crippen molar-refractivity contribution in [2.75, 3.05) is 10.6 Å². The highest BCUT2D eigenvalue weighted by atomic mass is 35.5. The van der Waals surface area contributed by atoms with E-state index >= 15 is 0 Å². The van der Waals surface area contributed by atoms with Crippen molar-refractivity contribution >= 4 is 46.5 Å². The van der Waals surface area contributed by atoms with E-state index in [0.29, 0.717) is 33.7 Å². The minimum atomic E-state index is -0.738. The molecule has 0 spiro atoms. The van der Waals surface area contributed by atoms with Crippen LogP contribution in [0.25, 0.3) is 0 Å². The highest BCUT2D eigenvalue weighted by Crippen LogP contribution is 2.34. The summed E-state index contributed by atoms with van der Waals surface area (Å²) in [7, 11) is 0. The van der Waals surface area contributed by atoms with Crippen LogP contribution >= 0.6 is 23.2 Å². The molecule has 4 rings (SSSR count). The maximum absolute atomic E-state index is 13.5. The third-order valence-corrected chi connectivity index (χ3v) is 5.55. The number of carbonyl (C=O) groups is 2. The molecule has 2 N–H and O–H groups in total. The highest BCUT2D eigenvalue weighted by Gasteiger charge is 2.31. The Kier molecular flexibility index (Phi) is 5.25. The molecule has 3 aromatic rings. The topological polar surface area (TPSA) is 76.0 Å². The normalized spacial score (nSPS) is 15.6.